The Labute approximate surface area is 161 Å². The zero-order valence-electron chi connectivity index (χ0n) is 14.4. The molecule has 0 saturated heterocycles. The van der Waals surface area contributed by atoms with Crippen LogP contribution < -0.4 is 5.32 Å². The Balaban J connectivity index is 0.00000529. The Hall–Kier alpha value is -1.64. The number of rotatable bonds is 9. The minimum atomic E-state index is -0.358. The molecule has 0 radical (unpaired) electrons. The van der Waals surface area contributed by atoms with Gasteiger partial charge >= 0.3 is 0 Å². The van der Waals surface area contributed by atoms with Gasteiger partial charge in [-0.3, -0.25) is 15.1 Å². The lowest BCUT2D eigenvalue weighted by molar-refractivity contribution is -0.385. The van der Waals surface area contributed by atoms with Gasteiger partial charge in [0.2, 0.25) is 0 Å². The number of aliphatic imine (C=N–C) groups is 1. The Kier molecular flexibility index (Phi) is 11.9. The maximum absolute atomic E-state index is 11.0. The summed E-state index contributed by atoms with van der Waals surface area (Å²) in [5.74, 6) is 0.742. The number of nitrogens with one attached hydrogen (secondary N) is 1. The Bertz CT molecular complexity index is 549. The Morgan fingerprint density at radius 3 is 2.71 bits per heavy atom. The number of para-hydroxylation sites is 1. The highest BCUT2D eigenvalue weighted by atomic mass is 127. The molecular weight excluding hydrogens is 419 g/mol. The fraction of sp³-hybridized carbons (Fsp3) is 0.471. The average Bonchev–Trinajstić information content (AvgIpc) is 2.55. The van der Waals surface area contributed by atoms with Gasteiger partial charge in [-0.25, -0.2) is 0 Å². The summed E-state index contributed by atoms with van der Waals surface area (Å²) in [6.07, 6.45) is 6.37. The Morgan fingerprint density at radius 2 is 2.08 bits per heavy atom. The number of halogens is 1. The second-order valence-corrected chi connectivity index (χ2v) is 5.35. The molecule has 0 aliphatic heterocycles. The first-order chi connectivity index (χ1) is 11.1. The van der Waals surface area contributed by atoms with Crippen molar-refractivity contribution in [1.29, 1.82) is 0 Å². The molecule has 1 aromatic carbocycles. The predicted molar refractivity (Wildman–Crippen MR) is 110 cm³/mol. The fourth-order valence-electron chi connectivity index (χ4n) is 2.32. The maximum atomic E-state index is 11.0. The van der Waals surface area contributed by atoms with Crippen molar-refractivity contribution in [2.75, 3.05) is 20.6 Å². The van der Waals surface area contributed by atoms with E-state index in [-0.39, 0.29) is 34.6 Å². The van der Waals surface area contributed by atoms with Crippen molar-refractivity contribution in [3.05, 3.63) is 52.6 Å². The zero-order chi connectivity index (χ0) is 17.1. The van der Waals surface area contributed by atoms with E-state index in [1.54, 1.807) is 25.2 Å². The van der Waals surface area contributed by atoms with Crippen LogP contribution in [-0.4, -0.2) is 36.4 Å². The van der Waals surface area contributed by atoms with Gasteiger partial charge in [0.1, 0.15) is 0 Å². The molecule has 134 valence electrons. The summed E-state index contributed by atoms with van der Waals surface area (Å²) in [5.41, 5.74) is 0.778. The highest BCUT2D eigenvalue weighted by Crippen LogP contribution is 2.17. The lowest BCUT2D eigenvalue weighted by Gasteiger charge is -2.22. The average molecular weight is 446 g/mol. The number of allylic oxidation sites excluding steroid dienone is 1. The fourth-order valence-corrected chi connectivity index (χ4v) is 2.32. The molecule has 24 heavy (non-hydrogen) atoms. The maximum Gasteiger partial charge on any atom is 0.274 e. The van der Waals surface area contributed by atoms with E-state index >= 15 is 0 Å². The van der Waals surface area contributed by atoms with Crippen LogP contribution in [0.4, 0.5) is 5.69 Å². The van der Waals surface area contributed by atoms with Crippen molar-refractivity contribution >= 4 is 35.6 Å². The second kappa shape index (κ2) is 12.7. The number of hydrogen-bond acceptors (Lipinski definition) is 3. The van der Waals surface area contributed by atoms with E-state index in [0.717, 1.165) is 38.2 Å². The molecule has 6 nitrogen and oxygen atoms in total. The van der Waals surface area contributed by atoms with Crippen LogP contribution in [0, 0.1) is 10.1 Å². The van der Waals surface area contributed by atoms with Gasteiger partial charge in [-0.1, -0.05) is 30.7 Å². The molecule has 0 unspecified atom stereocenters. The molecule has 1 rings (SSSR count). The number of nitrogens with zero attached hydrogens (tertiary/aromatic N) is 3. The van der Waals surface area contributed by atoms with Crippen molar-refractivity contribution in [2.45, 2.75) is 32.2 Å². The molecule has 7 heteroatoms. The molecular formula is C17H27IN4O2. The molecule has 0 amide bonds. The summed E-state index contributed by atoms with van der Waals surface area (Å²) >= 11 is 0. The van der Waals surface area contributed by atoms with E-state index in [9.17, 15) is 10.1 Å². The van der Waals surface area contributed by atoms with Crippen LogP contribution in [0.2, 0.25) is 0 Å². The van der Waals surface area contributed by atoms with Gasteiger partial charge < -0.3 is 10.2 Å². The number of nitro benzene ring substituents is 1. The summed E-state index contributed by atoms with van der Waals surface area (Å²) in [5, 5.41) is 14.2. The molecule has 1 aromatic rings. The third-order valence-electron chi connectivity index (χ3n) is 3.60. The van der Waals surface area contributed by atoms with E-state index in [0.29, 0.717) is 12.1 Å². The van der Waals surface area contributed by atoms with Crippen molar-refractivity contribution in [3.63, 3.8) is 0 Å². The molecule has 1 N–H and O–H groups in total. The number of hydrogen-bond donors (Lipinski definition) is 1. The predicted octanol–water partition coefficient (Wildman–Crippen LogP) is 3.97. The SMILES string of the molecule is C=CCCCCCN(C)C(=NC)NCc1ccccc1[N+](=O)[O-].I. The van der Waals surface area contributed by atoms with Crippen molar-refractivity contribution in [3.8, 4) is 0 Å². The molecule has 0 atom stereocenters. The van der Waals surface area contributed by atoms with Gasteiger partial charge in [0.05, 0.1) is 4.92 Å². The lowest BCUT2D eigenvalue weighted by Crippen LogP contribution is -2.39. The molecule has 0 spiro atoms. The van der Waals surface area contributed by atoms with Crippen LogP contribution in [0.3, 0.4) is 0 Å². The summed E-state index contributed by atoms with van der Waals surface area (Å²) in [6.45, 7) is 5.00. The van der Waals surface area contributed by atoms with Crippen molar-refractivity contribution in [1.82, 2.24) is 10.2 Å². The summed E-state index contributed by atoms with van der Waals surface area (Å²) < 4.78 is 0. The van der Waals surface area contributed by atoms with Crippen LogP contribution in [0.1, 0.15) is 31.2 Å². The van der Waals surface area contributed by atoms with Crippen LogP contribution in [0.15, 0.2) is 41.9 Å². The van der Waals surface area contributed by atoms with Gasteiger partial charge in [0.15, 0.2) is 5.96 Å². The molecule has 0 aromatic heterocycles. The normalized spacial score (nSPS) is 10.7. The van der Waals surface area contributed by atoms with Crippen LogP contribution in [0.25, 0.3) is 0 Å². The van der Waals surface area contributed by atoms with Gasteiger partial charge in [0, 0.05) is 38.8 Å². The zero-order valence-corrected chi connectivity index (χ0v) is 16.7. The number of guanidine groups is 1. The van der Waals surface area contributed by atoms with Gasteiger partial charge in [-0.15, -0.1) is 30.6 Å². The number of benzene rings is 1. The molecule has 0 aliphatic carbocycles. The minimum Gasteiger partial charge on any atom is -0.352 e. The number of nitro groups is 1. The van der Waals surface area contributed by atoms with Crippen LogP contribution in [-0.2, 0) is 6.54 Å². The first kappa shape index (κ1) is 22.4. The van der Waals surface area contributed by atoms with E-state index in [2.05, 4.69) is 16.9 Å². The number of unbranched alkanes of at least 4 members (excludes halogenated alkanes) is 3. The quantitative estimate of drug-likeness (QED) is 0.119. The third kappa shape index (κ3) is 7.76. The molecule has 0 saturated carbocycles. The highest BCUT2D eigenvalue weighted by Gasteiger charge is 2.13. The van der Waals surface area contributed by atoms with Crippen LogP contribution in [0.5, 0.6) is 0 Å². The second-order valence-electron chi connectivity index (χ2n) is 5.35. The first-order valence-electron chi connectivity index (χ1n) is 7.85. The molecule has 0 fully saturated rings. The van der Waals surface area contributed by atoms with Crippen LogP contribution >= 0.6 is 24.0 Å². The van der Waals surface area contributed by atoms with E-state index in [1.165, 1.54) is 6.07 Å². The van der Waals surface area contributed by atoms with Crippen molar-refractivity contribution < 1.29 is 4.92 Å². The molecule has 0 bridgehead atoms. The molecule has 0 heterocycles. The van der Waals surface area contributed by atoms with E-state index < -0.39 is 0 Å². The monoisotopic (exact) mass is 446 g/mol. The first-order valence-corrected chi connectivity index (χ1v) is 7.85. The van der Waals surface area contributed by atoms with E-state index in [4.69, 9.17) is 0 Å². The van der Waals surface area contributed by atoms with Gasteiger partial charge in [-0.05, 0) is 19.3 Å². The van der Waals surface area contributed by atoms with E-state index in [1.807, 2.05) is 18.0 Å². The summed E-state index contributed by atoms with van der Waals surface area (Å²) in [6, 6.07) is 6.75. The largest absolute Gasteiger partial charge is 0.352 e. The summed E-state index contributed by atoms with van der Waals surface area (Å²) in [4.78, 5) is 17.0. The topological polar surface area (TPSA) is 70.8 Å². The Morgan fingerprint density at radius 1 is 1.38 bits per heavy atom. The lowest BCUT2D eigenvalue weighted by atomic mass is 10.2. The highest BCUT2D eigenvalue weighted by molar-refractivity contribution is 14.0. The molecule has 0 aliphatic rings. The third-order valence-corrected chi connectivity index (χ3v) is 3.60. The smallest absolute Gasteiger partial charge is 0.274 e. The summed E-state index contributed by atoms with van der Waals surface area (Å²) in [7, 11) is 3.69. The standard InChI is InChI=1S/C17H26N4O2.HI/c1-4-5-6-7-10-13-20(3)17(18-2)19-14-15-11-8-9-12-16(15)21(22)23;/h4,8-9,11-12H,1,5-7,10,13-14H2,2-3H3,(H,18,19);1H. The van der Waals surface area contributed by atoms with Crippen molar-refractivity contribution in [2.24, 2.45) is 4.99 Å². The minimum absolute atomic E-state index is 0. The van der Waals surface area contributed by atoms with Gasteiger partial charge in [0.25, 0.3) is 5.69 Å². The van der Waals surface area contributed by atoms with Gasteiger partial charge in [-0.2, -0.15) is 0 Å².